The van der Waals surface area contributed by atoms with Gasteiger partial charge in [-0.25, -0.2) is 18.7 Å². The molecular weight excluding hydrogens is 597 g/mol. The van der Waals surface area contributed by atoms with Crippen LogP contribution in [-0.4, -0.2) is 50.7 Å². The van der Waals surface area contributed by atoms with Gasteiger partial charge in [-0.3, -0.25) is 9.59 Å². The summed E-state index contributed by atoms with van der Waals surface area (Å²) in [4.78, 5) is 41.8. The Bertz CT molecular complexity index is 1780. The second-order valence-electron chi connectivity index (χ2n) is 9.65. The van der Waals surface area contributed by atoms with Gasteiger partial charge in [0.1, 0.15) is 11.4 Å². The first kappa shape index (κ1) is 30.2. The van der Waals surface area contributed by atoms with E-state index >= 15 is 0 Å². The molecule has 0 bridgehead atoms. The lowest BCUT2D eigenvalue weighted by Gasteiger charge is -2.16. The van der Waals surface area contributed by atoms with Crippen molar-refractivity contribution in [2.24, 2.45) is 0 Å². The maximum Gasteiger partial charge on any atom is 0.387 e. The number of nitrogens with one attached hydrogen (secondary N) is 2. The van der Waals surface area contributed by atoms with Crippen molar-refractivity contribution in [3.05, 3.63) is 87.6 Å². The summed E-state index contributed by atoms with van der Waals surface area (Å²) in [5.41, 5.74) is 1.42. The first-order valence-electron chi connectivity index (χ1n) is 12.9. The van der Waals surface area contributed by atoms with Crippen molar-refractivity contribution in [2.45, 2.75) is 45.6 Å². The average Bonchev–Trinajstić information content (AvgIpc) is 3.55. The van der Waals surface area contributed by atoms with Crippen LogP contribution < -0.4 is 20.1 Å². The topological polar surface area (TPSA) is 144 Å². The number of hydrogen-bond donors (Lipinski definition) is 3. The molecule has 44 heavy (non-hydrogen) atoms. The van der Waals surface area contributed by atoms with Gasteiger partial charge in [-0.2, -0.15) is 22.7 Å². The Morgan fingerprint density at radius 2 is 1.77 bits per heavy atom. The van der Waals surface area contributed by atoms with Crippen molar-refractivity contribution in [1.29, 1.82) is 0 Å². The van der Waals surface area contributed by atoms with Crippen LogP contribution >= 0.6 is 0 Å². The Kier molecular flexibility index (Phi) is 8.33. The molecule has 2 aromatic heterocycles. The highest BCUT2D eigenvalue weighted by Crippen LogP contribution is 2.35. The van der Waals surface area contributed by atoms with Gasteiger partial charge < -0.3 is 25.2 Å². The Hall–Kier alpha value is -5.28. The molecule has 0 saturated carbocycles. The fourth-order valence-corrected chi connectivity index (χ4v) is 5.02. The van der Waals surface area contributed by atoms with E-state index in [0.717, 1.165) is 40.0 Å². The van der Waals surface area contributed by atoms with E-state index in [-0.39, 0.29) is 29.1 Å². The number of aromatic carboxylic acids is 1. The van der Waals surface area contributed by atoms with E-state index < -0.39 is 60.0 Å². The minimum Gasteiger partial charge on any atom is -0.478 e. The lowest BCUT2D eigenvalue weighted by Crippen LogP contribution is -2.30. The molecule has 0 fully saturated rings. The van der Waals surface area contributed by atoms with Crippen molar-refractivity contribution >= 4 is 23.4 Å². The van der Waals surface area contributed by atoms with Gasteiger partial charge in [0.25, 0.3) is 11.8 Å². The fraction of sp³-hybridized carbons (Fsp3) is 0.250. The third kappa shape index (κ3) is 6.09. The molecule has 1 atom stereocenters. The minimum absolute atomic E-state index is 0.157. The van der Waals surface area contributed by atoms with Crippen LogP contribution in [0.4, 0.5) is 22.0 Å². The third-order valence-corrected chi connectivity index (χ3v) is 7.02. The molecule has 2 amide bonds. The highest BCUT2D eigenvalue weighted by molar-refractivity contribution is 5.98. The number of benzene rings is 2. The standard InChI is InChI=1S/C28H22F5N5O6/c1-12-14-5-6-18(16(14)4-3-15(12)26(41)42)37-25(40)20-9-19(36-23-17(29)11-35-38(20)23)24(39)34-10-13-2-7-21(43-27(30)31)22(8-13)44-28(32)33/h2-4,7-9,11,18,27-28H,5-6,10H2,1H3,(H,34,39)(H,37,40)(H,41,42)/t18-/m0/s1. The number of fused-ring (bicyclic) bond motifs is 2. The lowest BCUT2D eigenvalue weighted by molar-refractivity contribution is -0.0692. The van der Waals surface area contributed by atoms with Gasteiger partial charge in [0.05, 0.1) is 17.8 Å². The fourth-order valence-electron chi connectivity index (χ4n) is 5.02. The largest absolute Gasteiger partial charge is 0.478 e. The molecule has 4 aromatic rings. The quantitative estimate of drug-likeness (QED) is 0.221. The molecule has 0 unspecified atom stereocenters. The summed E-state index contributed by atoms with van der Waals surface area (Å²) in [6.07, 6.45) is 1.80. The van der Waals surface area contributed by atoms with Crippen molar-refractivity contribution in [1.82, 2.24) is 25.2 Å². The predicted octanol–water partition coefficient (Wildman–Crippen LogP) is 4.43. The number of rotatable bonds is 10. The Labute approximate surface area is 244 Å². The summed E-state index contributed by atoms with van der Waals surface area (Å²) in [5, 5.41) is 18.5. The van der Waals surface area contributed by atoms with Gasteiger partial charge in [-0.05, 0) is 60.2 Å². The van der Waals surface area contributed by atoms with Crippen LogP contribution in [0.5, 0.6) is 11.5 Å². The zero-order valence-electron chi connectivity index (χ0n) is 22.6. The van der Waals surface area contributed by atoms with Crippen LogP contribution in [0.25, 0.3) is 5.65 Å². The number of carboxylic acids is 1. The monoisotopic (exact) mass is 619 g/mol. The van der Waals surface area contributed by atoms with Crippen LogP contribution in [0, 0.1) is 12.7 Å². The number of amides is 2. The molecular formula is C28H22F5N5O6. The summed E-state index contributed by atoms with van der Waals surface area (Å²) in [6, 6.07) is 6.83. The van der Waals surface area contributed by atoms with Crippen LogP contribution in [-0.2, 0) is 13.0 Å². The first-order valence-corrected chi connectivity index (χ1v) is 12.9. The normalized spacial score (nSPS) is 14.1. The van der Waals surface area contributed by atoms with E-state index in [1.807, 2.05) is 0 Å². The maximum atomic E-state index is 14.5. The van der Waals surface area contributed by atoms with E-state index in [1.54, 1.807) is 13.0 Å². The number of aromatic nitrogens is 3. The molecule has 2 aromatic carbocycles. The number of halogens is 5. The second kappa shape index (κ2) is 12.1. The van der Waals surface area contributed by atoms with Crippen LogP contribution in [0.3, 0.4) is 0 Å². The number of carboxylic acid groups (broad SMARTS) is 1. The van der Waals surface area contributed by atoms with Crippen LogP contribution in [0.15, 0.2) is 42.6 Å². The number of nitrogens with zero attached hydrogens (tertiary/aromatic N) is 3. The number of alkyl halides is 4. The second-order valence-corrected chi connectivity index (χ2v) is 9.65. The highest BCUT2D eigenvalue weighted by Gasteiger charge is 2.29. The van der Waals surface area contributed by atoms with Crippen molar-refractivity contribution < 1.29 is 50.9 Å². The molecule has 0 aliphatic heterocycles. The molecule has 0 radical (unpaired) electrons. The Morgan fingerprint density at radius 3 is 2.48 bits per heavy atom. The maximum absolute atomic E-state index is 14.5. The molecule has 5 rings (SSSR count). The van der Waals surface area contributed by atoms with Gasteiger partial charge in [0.2, 0.25) is 0 Å². The number of carbonyl (C=O) groups is 3. The van der Waals surface area contributed by atoms with Crippen molar-refractivity contribution in [3.63, 3.8) is 0 Å². The van der Waals surface area contributed by atoms with Gasteiger partial charge in [-0.15, -0.1) is 0 Å². The highest BCUT2D eigenvalue weighted by atomic mass is 19.3. The van der Waals surface area contributed by atoms with E-state index in [9.17, 15) is 41.4 Å². The molecule has 11 nitrogen and oxygen atoms in total. The zero-order valence-corrected chi connectivity index (χ0v) is 22.6. The zero-order chi connectivity index (χ0) is 31.7. The molecule has 230 valence electrons. The molecule has 0 saturated heterocycles. The SMILES string of the molecule is Cc1c(C(=O)O)ccc2c1CC[C@@H]2NC(=O)c1cc(C(=O)NCc2ccc(OC(F)F)c(OC(F)F)c2)nc2c(F)cnn12. The predicted molar refractivity (Wildman–Crippen MR) is 140 cm³/mol. The average molecular weight is 620 g/mol. The molecule has 1 aliphatic rings. The number of carbonyl (C=O) groups excluding carboxylic acids is 2. The summed E-state index contributed by atoms with van der Waals surface area (Å²) in [5.74, 6) is -4.90. The molecule has 3 N–H and O–H groups in total. The number of ether oxygens (including phenoxy) is 2. The molecule has 16 heteroatoms. The summed E-state index contributed by atoms with van der Waals surface area (Å²) in [6.45, 7) is -5.27. The first-order chi connectivity index (χ1) is 20.9. The molecule has 2 heterocycles. The van der Waals surface area contributed by atoms with Gasteiger partial charge >= 0.3 is 19.2 Å². The Balaban J connectivity index is 1.37. The van der Waals surface area contributed by atoms with Crippen LogP contribution in [0.2, 0.25) is 0 Å². The summed E-state index contributed by atoms with van der Waals surface area (Å²) in [7, 11) is 0. The summed E-state index contributed by atoms with van der Waals surface area (Å²) >= 11 is 0. The van der Waals surface area contributed by atoms with E-state index in [2.05, 4.69) is 30.2 Å². The van der Waals surface area contributed by atoms with Gasteiger partial charge in [0.15, 0.2) is 23.0 Å². The molecule has 1 aliphatic carbocycles. The minimum atomic E-state index is -3.34. The van der Waals surface area contributed by atoms with E-state index in [0.29, 0.717) is 18.4 Å². The van der Waals surface area contributed by atoms with Crippen LogP contribution in [0.1, 0.15) is 66.1 Å². The summed E-state index contributed by atoms with van der Waals surface area (Å²) < 4.78 is 74.6. The molecule has 0 spiro atoms. The van der Waals surface area contributed by atoms with E-state index in [4.69, 9.17) is 0 Å². The van der Waals surface area contributed by atoms with Gasteiger partial charge in [-0.1, -0.05) is 12.1 Å². The van der Waals surface area contributed by atoms with Gasteiger partial charge in [0, 0.05) is 12.6 Å². The third-order valence-electron chi connectivity index (χ3n) is 7.02. The van der Waals surface area contributed by atoms with Crippen molar-refractivity contribution in [2.75, 3.05) is 0 Å². The van der Waals surface area contributed by atoms with Crippen molar-refractivity contribution in [3.8, 4) is 11.5 Å². The smallest absolute Gasteiger partial charge is 0.387 e. The lowest BCUT2D eigenvalue weighted by atomic mass is 9.98. The Morgan fingerprint density at radius 1 is 1.05 bits per heavy atom. The van der Waals surface area contributed by atoms with E-state index in [1.165, 1.54) is 12.1 Å². The number of hydrogen-bond acceptors (Lipinski definition) is 7.